The topological polar surface area (TPSA) is 73.9 Å². The molecule has 140 valence electrons. The zero-order chi connectivity index (χ0) is 18.8. The number of benzene rings is 2. The summed E-state index contributed by atoms with van der Waals surface area (Å²) < 4.78 is 16.4. The lowest BCUT2D eigenvalue weighted by molar-refractivity contribution is -0.162. The molecule has 0 aromatic heterocycles. The fourth-order valence-electron chi connectivity index (χ4n) is 3.33. The Labute approximate surface area is 157 Å². The molecule has 2 aliphatic rings. The summed E-state index contributed by atoms with van der Waals surface area (Å²) in [5.74, 6) is 0.0735. The SMILES string of the molecule is C[C@H](OC(=O)[C@H]1COc2ccccc2O1)C(=O)Nc1ccc2c(c1)CCC2. The van der Waals surface area contributed by atoms with Crippen molar-refractivity contribution in [1.82, 2.24) is 0 Å². The zero-order valence-corrected chi connectivity index (χ0v) is 15.1. The van der Waals surface area contributed by atoms with Crippen LogP contribution in [-0.2, 0) is 27.2 Å². The molecule has 1 N–H and O–H groups in total. The van der Waals surface area contributed by atoms with Gasteiger partial charge in [-0.15, -0.1) is 0 Å². The molecule has 0 spiro atoms. The highest BCUT2D eigenvalue weighted by atomic mass is 16.6. The van der Waals surface area contributed by atoms with Crippen LogP contribution in [0.25, 0.3) is 0 Å². The highest BCUT2D eigenvalue weighted by Gasteiger charge is 2.31. The first-order valence-corrected chi connectivity index (χ1v) is 9.12. The predicted octanol–water partition coefficient (Wildman–Crippen LogP) is 2.89. The lowest BCUT2D eigenvalue weighted by Gasteiger charge is -2.25. The summed E-state index contributed by atoms with van der Waals surface area (Å²) in [4.78, 5) is 24.7. The van der Waals surface area contributed by atoms with Gasteiger partial charge in [0.15, 0.2) is 17.6 Å². The molecular weight excluding hydrogens is 346 g/mol. The number of hydrogen-bond acceptors (Lipinski definition) is 5. The summed E-state index contributed by atoms with van der Waals surface area (Å²) in [5.41, 5.74) is 3.32. The van der Waals surface area contributed by atoms with Crippen LogP contribution in [0.4, 0.5) is 5.69 Å². The Morgan fingerprint density at radius 1 is 1.11 bits per heavy atom. The van der Waals surface area contributed by atoms with E-state index in [1.807, 2.05) is 24.3 Å². The number of fused-ring (bicyclic) bond motifs is 2. The maximum absolute atomic E-state index is 12.4. The van der Waals surface area contributed by atoms with Crippen LogP contribution in [0.3, 0.4) is 0 Å². The Hall–Kier alpha value is -3.02. The molecule has 0 saturated heterocycles. The van der Waals surface area contributed by atoms with E-state index in [1.165, 1.54) is 18.1 Å². The summed E-state index contributed by atoms with van der Waals surface area (Å²) in [7, 11) is 0. The lowest BCUT2D eigenvalue weighted by atomic mass is 10.1. The normalized spacial score (nSPS) is 18.3. The minimum atomic E-state index is -0.938. The molecule has 6 nitrogen and oxygen atoms in total. The molecule has 1 aliphatic heterocycles. The summed E-state index contributed by atoms with van der Waals surface area (Å²) in [6.07, 6.45) is 1.43. The summed E-state index contributed by atoms with van der Waals surface area (Å²) in [6, 6.07) is 13.0. The van der Waals surface area contributed by atoms with Crippen molar-refractivity contribution < 1.29 is 23.8 Å². The van der Waals surface area contributed by atoms with E-state index in [0.717, 1.165) is 24.9 Å². The number of amides is 1. The highest BCUT2D eigenvalue weighted by Crippen LogP contribution is 2.31. The molecule has 0 saturated carbocycles. The van der Waals surface area contributed by atoms with E-state index < -0.39 is 18.2 Å². The monoisotopic (exact) mass is 367 g/mol. The second kappa shape index (κ2) is 7.31. The molecule has 0 radical (unpaired) electrons. The van der Waals surface area contributed by atoms with Crippen LogP contribution in [-0.4, -0.2) is 30.7 Å². The first kappa shape index (κ1) is 17.4. The molecule has 0 bridgehead atoms. The number of aryl methyl sites for hydroxylation is 2. The Bertz CT molecular complexity index is 879. The Balaban J connectivity index is 1.34. The molecule has 0 fully saturated rings. The van der Waals surface area contributed by atoms with Crippen LogP contribution < -0.4 is 14.8 Å². The van der Waals surface area contributed by atoms with Gasteiger partial charge in [0.05, 0.1) is 0 Å². The fraction of sp³-hybridized carbons (Fsp3) is 0.333. The molecule has 1 amide bonds. The van der Waals surface area contributed by atoms with Crippen molar-refractivity contribution in [1.29, 1.82) is 0 Å². The Morgan fingerprint density at radius 2 is 1.89 bits per heavy atom. The molecule has 27 heavy (non-hydrogen) atoms. The average Bonchev–Trinajstić information content (AvgIpc) is 3.15. The zero-order valence-electron chi connectivity index (χ0n) is 15.1. The first-order valence-electron chi connectivity index (χ1n) is 9.12. The molecular formula is C21H21NO5. The quantitative estimate of drug-likeness (QED) is 0.841. The van der Waals surface area contributed by atoms with E-state index in [0.29, 0.717) is 11.5 Å². The van der Waals surface area contributed by atoms with Crippen molar-refractivity contribution in [2.45, 2.75) is 38.4 Å². The number of para-hydroxylation sites is 2. The van der Waals surface area contributed by atoms with Crippen LogP contribution in [0.1, 0.15) is 24.5 Å². The molecule has 6 heteroatoms. The predicted molar refractivity (Wildman–Crippen MR) is 99.0 cm³/mol. The van der Waals surface area contributed by atoms with Gasteiger partial charge in [0.25, 0.3) is 5.91 Å². The fourth-order valence-corrected chi connectivity index (χ4v) is 3.33. The van der Waals surface area contributed by atoms with Crippen LogP contribution >= 0.6 is 0 Å². The summed E-state index contributed by atoms with van der Waals surface area (Å²) >= 11 is 0. The number of nitrogens with one attached hydrogen (secondary N) is 1. The van der Waals surface area contributed by atoms with Crippen LogP contribution in [0.15, 0.2) is 42.5 Å². The maximum atomic E-state index is 12.4. The molecule has 2 aromatic rings. The third-order valence-electron chi connectivity index (χ3n) is 4.80. The highest BCUT2D eigenvalue weighted by molar-refractivity contribution is 5.95. The number of esters is 1. The van der Waals surface area contributed by atoms with Crippen molar-refractivity contribution in [2.24, 2.45) is 0 Å². The molecule has 0 unspecified atom stereocenters. The molecule has 4 rings (SSSR count). The second-order valence-corrected chi connectivity index (χ2v) is 6.77. The number of anilines is 1. The van der Waals surface area contributed by atoms with E-state index in [4.69, 9.17) is 14.2 Å². The van der Waals surface area contributed by atoms with Gasteiger partial charge in [-0.2, -0.15) is 0 Å². The van der Waals surface area contributed by atoms with Crippen LogP contribution in [0.2, 0.25) is 0 Å². The van der Waals surface area contributed by atoms with Gasteiger partial charge in [0, 0.05) is 5.69 Å². The van der Waals surface area contributed by atoms with Gasteiger partial charge in [-0.25, -0.2) is 4.79 Å². The molecule has 2 aromatic carbocycles. The smallest absolute Gasteiger partial charge is 0.351 e. The Kier molecular flexibility index (Phi) is 4.71. The van der Waals surface area contributed by atoms with E-state index in [9.17, 15) is 9.59 Å². The second-order valence-electron chi connectivity index (χ2n) is 6.77. The van der Waals surface area contributed by atoms with Gasteiger partial charge in [-0.1, -0.05) is 18.2 Å². The molecule has 1 aliphatic carbocycles. The summed E-state index contributed by atoms with van der Waals surface area (Å²) in [6.45, 7) is 1.59. The minimum absolute atomic E-state index is 0.0506. The van der Waals surface area contributed by atoms with Gasteiger partial charge in [-0.05, 0) is 61.6 Å². The number of carbonyl (C=O) groups is 2. The van der Waals surface area contributed by atoms with Crippen LogP contribution in [0.5, 0.6) is 11.5 Å². The number of ether oxygens (including phenoxy) is 3. The van der Waals surface area contributed by atoms with Gasteiger partial charge in [0.1, 0.15) is 6.61 Å². The van der Waals surface area contributed by atoms with Crippen molar-refractivity contribution in [3.8, 4) is 11.5 Å². The number of carbonyl (C=O) groups excluding carboxylic acids is 2. The Morgan fingerprint density at radius 3 is 2.74 bits per heavy atom. The van der Waals surface area contributed by atoms with Gasteiger partial charge >= 0.3 is 5.97 Å². The van der Waals surface area contributed by atoms with E-state index in [2.05, 4.69) is 5.32 Å². The van der Waals surface area contributed by atoms with Crippen LogP contribution in [0, 0.1) is 0 Å². The third-order valence-corrected chi connectivity index (χ3v) is 4.80. The van der Waals surface area contributed by atoms with Crippen molar-refractivity contribution in [3.63, 3.8) is 0 Å². The van der Waals surface area contributed by atoms with E-state index in [1.54, 1.807) is 18.2 Å². The third kappa shape index (κ3) is 3.74. The van der Waals surface area contributed by atoms with Crippen molar-refractivity contribution in [2.75, 3.05) is 11.9 Å². The molecule has 2 atom stereocenters. The maximum Gasteiger partial charge on any atom is 0.351 e. The van der Waals surface area contributed by atoms with Crippen molar-refractivity contribution in [3.05, 3.63) is 53.6 Å². The average molecular weight is 367 g/mol. The largest absolute Gasteiger partial charge is 0.485 e. The van der Waals surface area contributed by atoms with Gasteiger partial charge in [-0.3, -0.25) is 4.79 Å². The number of hydrogen-bond donors (Lipinski definition) is 1. The van der Waals surface area contributed by atoms with Crippen molar-refractivity contribution >= 4 is 17.6 Å². The van der Waals surface area contributed by atoms with E-state index in [-0.39, 0.29) is 12.5 Å². The van der Waals surface area contributed by atoms with Gasteiger partial charge in [0.2, 0.25) is 6.10 Å². The lowest BCUT2D eigenvalue weighted by Crippen LogP contribution is -2.41. The first-order chi connectivity index (χ1) is 13.1. The molecule has 1 heterocycles. The minimum Gasteiger partial charge on any atom is -0.485 e. The summed E-state index contributed by atoms with van der Waals surface area (Å²) in [5, 5.41) is 2.81. The van der Waals surface area contributed by atoms with E-state index >= 15 is 0 Å². The standard InChI is InChI=1S/C21H21NO5/c1-13(20(23)22-16-10-9-14-5-4-6-15(14)11-16)26-21(24)19-12-25-17-7-2-3-8-18(17)27-19/h2-3,7-11,13,19H,4-6,12H2,1H3,(H,22,23)/t13-,19+/m0/s1. The number of rotatable bonds is 4. The van der Waals surface area contributed by atoms with Gasteiger partial charge < -0.3 is 19.5 Å².